The number of benzene rings is 1. The molecule has 122 valence electrons. The van der Waals surface area contributed by atoms with Crippen molar-refractivity contribution in [1.82, 2.24) is 10.6 Å². The predicted molar refractivity (Wildman–Crippen MR) is 82.5 cm³/mol. The number of rotatable bonds is 5. The molecule has 0 bridgehead atoms. The average molecular weight is 318 g/mol. The van der Waals surface area contributed by atoms with E-state index in [0.29, 0.717) is 5.69 Å². The van der Waals surface area contributed by atoms with E-state index in [1.54, 1.807) is 25.1 Å². The van der Waals surface area contributed by atoms with Gasteiger partial charge in [-0.2, -0.15) is 0 Å². The third-order valence-electron chi connectivity index (χ3n) is 3.68. The summed E-state index contributed by atoms with van der Waals surface area (Å²) in [5.41, 5.74) is 5.80. The van der Waals surface area contributed by atoms with E-state index >= 15 is 0 Å². The van der Waals surface area contributed by atoms with Crippen molar-refractivity contribution in [3.8, 4) is 0 Å². The van der Waals surface area contributed by atoms with Crippen molar-refractivity contribution in [2.75, 3.05) is 5.32 Å². The molecule has 1 aliphatic rings. The second-order valence-electron chi connectivity index (χ2n) is 5.35. The number of para-hydroxylation sites is 1. The highest BCUT2D eigenvalue weighted by Gasteiger charge is 2.32. The van der Waals surface area contributed by atoms with Crippen LogP contribution in [0.2, 0.25) is 0 Å². The summed E-state index contributed by atoms with van der Waals surface area (Å²) in [6.45, 7) is 1.71. The van der Waals surface area contributed by atoms with Gasteiger partial charge in [0.2, 0.25) is 11.8 Å². The average Bonchev–Trinajstić information content (AvgIpc) is 2.46. The van der Waals surface area contributed by atoms with Gasteiger partial charge in [0.25, 0.3) is 5.91 Å². The van der Waals surface area contributed by atoms with Gasteiger partial charge in [0, 0.05) is 12.5 Å². The fourth-order valence-electron chi connectivity index (χ4n) is 2.46. The molecule has 8 nitrogen and oxygen atoms in total. The van der Waals surface area contributed by atoms with Crippen molar-refractivity contribution < 1.29 is 19.2 Å². The second-order valence-corrected chi connectivity index (χ2v) is 5.35. The maximum absolute atomic E-state index is 12.0. The summed E-state index contributed by atoms with van der Waals surface area (Å²) in [6, 6.07) is 5.54. The summed E-state index contributed by atoms with van der Waals surface area (Å²) in [7, 11) is 0. The van der Waals surface area contributed by atoms with E-state index in [1.165, 1.54) is 6.07 Å². The monoisotopic (exact) mass is 318 g/mol. The molecule has 0 radical (unpaired) electrons. The SMILES string of the molecule is CC1NC(=O)NC(=O)C1CCC(=O)Nc1ccccc1C(N)=O. The van der Waals surface area contributed by atoms with Crippen LogP contribution < -0.4 is 21.7 Å². The van der Waals surface area contributed by atoms with Crippen molar-refractivity contribution in [3.05, 3.63) is 29.8 Å². The summed E-state index contributed by atoms with van der Waals surface area (Å²) in [4.78, 5) is 46.2. The maximum atomic E-state index is 12.0. The second kappa shape index (κ2) is 6.91. The van der Waals surface area contributed by atoms with Crippen molar-refractivity contribution >= 4 is 29.4 Å². The van der Waals surface area contributed by atoms with Gasteiger partial charge >= 0.3 is 6.03 Å². The summed E-state index contributed by atoms with van der Waals surface area (Å²) < 4.78 is 0. The van der Waals surface area contributed by atoms with Crippen LogP contribution in [0.25, 0.3) is 0 Å². The van der Waals surface area contributed by atoms with Gasteiger partial charge in [-0.3, -0.25) is 19.7 Å². The standard InChI is InChI=1S/C15H18N4O4/c1-8-9(14(22)19-15(23)17-8)6-7-12(20)18-11-5-3-2-4-10(11)13(16)21/h2-5,8-9H,6-7H2,1H3,(H2,16,21)(H,18,20)(H2,17,19,22,23). The molecule has 2 unspecified atom stereocenters. The highest BCUT2D eigenvalue weighted by molar-refractivity contribution is 6.03. The van der Waals surface area contributed by atoms with Gasteiger partial charge in [-0.05, 0) is 25.5 Å². The van der Waals surface area contributed by atoms with Crippen LogP contribution in [0.5, 0.6) is 0 Å². The topological polar surface area (TPSA) is 130 Å². The maximum Gasteiger partial charge on any atom is 0.321 e. The number of carbonyl (C=O) groups is 4. The normalized spacial score (nSPS) is 20.4. The number of hydrogen-bond donors (Lipinski definition) is 4. The number of urea groups is 1. The van der Waals surface area contributed by atoms with Crippen LogP contribution in [0.1, 0.15) is 30.1 Å². The Morgan fingerprint density at radius 3 is 2.61 bits per heavy atom. The van der Waals surface area contributed by atoms with E-state index in [9.17, 15) is 19.2 Å². The summed E-state index contributed by atoms with van der Waals surface area (Å²) in [5.74, 6) is -1.85. The van der Waals surface area contributed by atoms with E-state index in [4.69, 9.17) is 5.73 Å². The van der Waals surface area contributed by atoms with Gasteiger partial charge in [-0.1, -0.05) is 12.1 Å². The Morgan fingerprint density at radius 2 is 1.96 bits per heavy atom. The van der Waals surface area contributed by atoms with Gasteiger partial charge in [0.15, 0.2) is 0 Å². The zero-order valence-corrected chi connectivity index (χ0v) is 12.6. The van der Waals surface area contributed by atoms with E-state index < -0.39 is 23.8 Å². The quantitative estimate of drug-likeness (QED) is 0.624. The number of nitrogens with two attached hydrogens (primary N) is 1. The van der Waals surface area contributed by atoms with Gasteiger partial charge in [-0.25, -0.2) is 4.79 Å². The fourth-order valence-corrected chi connectivity index (χ4v) is 2.46. The first-order valence-corrected chi connectivity index (χ1v) is 7.18. The molecule has 1 aromatic rings. The van der Waals surface area contributed by atoms with Gasteiger partial charge in [-0.15, -0.1) is 0 Å². The van der Waals surface area contributed by atoms with E-state index in [1.807, 2.05) is 0 Å². The summed E-state index contributed by atoms with van der Waals surface area (Å²) in [5, 5.41) is 7.38. The van der Waals surface area contributed by atoms with Crippen LogP contribution in [0.3, 0.4) is 0 Å². The molecule has 1 aliphatic heterocycles. The minimum Gasteiger partial charge on any atom is -0.366 e. The van der Waals surface area contributed by atoms with Gasteiger partial charge in [0.1, 0.15) is 0 Å². The minimum absolute atomic E-state index is 0.0748. The Bertz CT molecular complexity index is 659. The molecule has 1 fully saturated rings. The van der Waals surface area contributed by atoms with Crippen LogP contribution in [0.15, 0.2) is 24.3 Å². The Labute approximate surface area is 132 Å². The number of carbonyl (C=O) groups excluding carboxylic acids is 4. The number of hydrogen-bond acceptors (Lipinski definition) is 4. The lowest BCUT2D eigenvalue weighted by Gasteiger charge is -2.28. The smallest absolute Gasteiger partial charge is 0.321 e. The van der Waals surface area contributed by atoms with Gasteiger partial charge < -0.3 is 16.4 Å². The molecule has 0 aliphatic carbocycles. The molecule has 5 N–H and O–H groups in total. The van der Waals surface area contributed by atoms with E-state index in [2.05, 4.69) is 16.0 Å². The molecule has 0 saturated carbocycles. The molecule has 8 heteroatoms. The summed E-state index contributed by atoms with van der Waals surface area (Å²) >= 11 is 0. The number of anilines is 1. The largest absolute Gasteiger partial charge is 0.366 e. The lowest BCUT2D eigenvalue weighted by molar-refractivity contribution is -0.126. The Kier molecular flexibility index (Phi) is 4.95. The first-order chi connectivity index (χ1) is 10.9. The third-order valence-corrected chi connectivity index (χ3v) is 3.68. The van der Waals surface area contributed by atoms with E-state index in [0.717, 1.165) is 0 Å². The number of imide groups is 1. The Hall–Kier alpha value is -2.90. The van der Waals surface area contributed by atoms with Crippen molar-refractivity contribution in [3.63, 3.8) is 0 Å². The Balaban J connectivity index is 1.94. The lowest BCUT2D eigenvalue weighted by atomic mass is 9.93. The highest BCUT2D eigenvalue weighted by Crippen LogP contribution is 2.18. The molecule has 1 aromatic carbocycles. The zero-order valence-electron chi connectivity index (χ0n) is 12.6. The van der Waals surface area contributed by atoms with Crippen molar-refractivity contribution in [2.24, 2.45) is 11.7 Å². The molecule has 0 aromatic heterocycles. The molecule has 1 saturated heterocycles. The third kappa shape index (κ3) is 4.06. The molecule has 23 heavy (non-hydrogen) atoms. The van der Waals surface area contributed by atoms with E-state index in [-0.39, 0.29) is 30.4 Å². The van der Waals surface area contributed by atoms with Crippen LogP contribution in [0.4, 0.5) is 10.5 Å². The number of nitrogens with one attached hydrogen (secondary N) is 3. The lowest BCUT2D eigenvalue weighted by Crippen LogP contribution is -2.57. The first kappa shape index (κ1) is 16.5. The molecular weight excluding hydrogens is 300 g/mol. The number of primary amides is 1. The van der Waals surface area contributed by atoms with Crippen LogP contribution in [-0.4, -0.2) is 29.8 Å². The highest BCUT2D eigenvalue weighted by atomic mass is 16.2. The van der Waals surface area contributed by atoms with Crippen molar-refractivity contribution in [2.45, 2.75) is 25.8 Å². The molecule has 2 rings (SSSR count). The zero-order chi connectivity index (χ0) is 17.0. The fraction of sp³-hybridized carbons (Fsp3) is 0.333. The molecule has 0 spiro atoms. The van der Waals surface area contributed by atoms with Crippen LogP contribution in [-0.2, 0) is 9.59 Å². The minimum atomic E-state index is -0.635. The molecule has 2 atom stereocenters. The molecule has 5 amide bonds. The van der Waals surface area contributed by atoms with Crippen LogP contribution in [0, 0.1) is 5.92 Å². The van der Waals surface area contributed by atoms with Crippen LogP contribution >= 0.6 is 0 Å². The molecule has 1 heterocycles. The number of amides is 5. The summed E-state index contributed by atoms with van der Waals surface area (Å²) in [6.07, 6.45) is 0.350. The van der Waals surface area contributed by atoms with Gasteiger partial charge in [0.05, 0.1) is 17.2 Å². The molecular formula is C15H18N4O4. The predicted octanol–water partition coefficient (Wildman–Crippen LogP) is 0.348. The Morgan fingerprint density at radius 1 is 1.26 bits per heavy atom. The first-order valence-electron chi connectivity index (χ1n) is 7.18. The van der Waals surface area contributed by atoms with Crippen molar-refractivity contribution in [1.29, 1.82) is 0 Å².